The summed E-state index contributed by atoms with van der Waals surface area (Å²) in [6.07, 6.45) is 1.69. The molecule has 0 aliphatic rings. The van der Waals surface area contributed by atoms with Crippen molar-refractivity contribution in [3.63, 3.8) is 0 Å². The Morgan fingerprint density at radius 3 is 2.65 bits per heavy atom. The topological polar surface area (TPSA) is 51.2 Å². The van der Waals surface area contributed by atoms with Crippen molar-refractivity contribution in [2.24, 2.45) is 0 Å². The van der Waals surface area contributed by atoms with E-state index in [4.69, 9.17) is 16.3 Å². The number of hydrogen-bond acceptors (Lipinski definition) is 3. The van der Waals surface area contributed by atoms with E-state index in [1.54, 1.807) is 31.5 Å². The Balaban J connectivity index is 1.81. The van der Waals surface area contributed by atoms with Gasteiger partial charge < -0.3 is 10.1 Å². The van der Waals surface area contributed by atoms with Gasteiger partial charge in [0.1, 0.15) is 5.75 Å². The van der Waals surface area contributed by atoms with E-state index in [1.165, 1.54) is 0 Å². The highest BCUT2D eigenvalue weighted by atomic mass is 35.5. The van der Waals surface area contributed by atoms with Gasteiger partial charge in [-0.05, 0) is 35.0 Å². The fourth-order valence-electron chi connectivity index (χ4n) is 3.02. The van der Waals surface area contributed by atoms with E-state index in [-0.39, 0.29) is 5.91 Å². The van der Waals surface area contributed by atoms with E-state index < -0.39 is 0 Å². The van der Waals surface area contributed by atoms with Crippen molar-refractivity contribution in [3.05, 3.63) is 77.4 Å². The average molecular weight is 363 g/mol. The fourth-order valence-corrected chi connectivity index (χ4v) is 3.23. The normalized spacial score (nSPS) is 10.8. The van der Waals surface area contributed by atoms with E-state index in [2.05, 4.69) is 10.3 Å². The zero-order valence-corrected chi connectivity index (χ0v) is 14.7. The number of amides is 1. The van der Waals surface area contributed by atoms with Crippen LogP contribution in [0.25, 0.3) is 21.7 Å². The zero-order valence-electron chi connectivity index (χ0n) is 14.0. The van der Waals surface area contributed by atoms with Gasteiger partial charge in [-0.2, -0.15) is 0 Å². The summed E-state index contributed by atoms with van der Waals surface area (Å²) in [5.74, 6) is 0.373. The summed E-state index contributed by atoms with van der Waals surface area (Å²) < 4.78 is 5.14. The van der Waals surface area contributed by atoms with Crippen LogP contribution in [0.1, 0.15) is 10.4 Å². The molecule has 4 aromatic rings. The van der Waals surface area contributed by atoms with Crippen LogP contribution in [0.3, 0.4) is 0 Å². The molecule has 0 bridgehead atoms. The average Bonchev–Trinajstić information content (AvgIpc) is 2.68. The molecule has 1 N–H and O–H groups in total. The van der Waals surface area contributed by atoms with E-state index in [9.17, 15) is 4.79 Å². The molecule has 1 aromatic heterocycles. The largest absolute Gasteiger partial charge is 0.497 e. The molecule has 4 nitrogen and oxygen atoms in total. The fraction of sp³-hybridized carbons (Fsp3) is 0.0476. The second-order valence-corrected chi connectivity index (χ2v) is 6.25. The van der Waals surface area contributed by atoms with Crippen LogP contribution in [0.5, 0.6) is 5.75 Å². The monoisotopic (exact) mass is 362 g/mol. The number of pyridine rings is 1. The summed E-state index contributed by atoms with van der Waals surface area (Å²) in [7, 11) is 1.57. The molecule has 128 valence electrons. The number of benzene rings is 3. The molecule has 1 heterocycles. The number of anilines is 1. The number of hydrogen-bond donors (Lipinski definition) is 1. The Hall–Kier alpha value is -3.11. The molecule has 26 heavy (non-hydrogen) atoms. The van der Waals surface area contributed by atoms with Gasteiger partial charge in [0, 0.05) is 17.6 Å². The Morgan fingerprint density at radius 2 is 1.85 bits per heavy atom. The van der Waals surface area contributed by atoms with E-state index in [1.807, 2.05) is 42.5 Å². The van der Waals surface area contributed by atoms with Gasteiger partial charge in [0.15, 0.2) is 0 Å². The van der Waals surface area contributed by atoms with Crippen molar-refractivity contribution in [1.29, 1.82) is 0 Å². The zero-order chi connectivity index (χ0) is 18.1. The minimum atomic E-state index is -0.258. The van der Waals surface area contributed by atoms with Crippen LogP contribution < -0.4 is 10.1 Å². The summed E-state index contributed by atoms with van der Waals surface area (Å²) in [5, 5.41) is 6.27. The third kappa shape index (κ3) is 2.85. The van der Waals surface area contributed by atoms with Crippen LogP contribution >= 0.6 is 11.6 Å². The molecule has 0 saturated heterocycles. The summed E-state index contributed by atoms with van der Waals surface area (Å²) in [6, 6.07) is 18.8. The highest BCUT2D eigenvalue weighted by Crippen LogP contribution is 2.30. The number of nitrogens with zero attached hydrogens (tertiary/aromatic N) is 1. The number of ether oxygens (including phenoxy) is 1. The lowest BCUT2D eigenvalue weighted by atomic mass is 10.0. The van der Waals surface area contributed by atoms with Crippen LogP contribution in [0, 0.1) is 0 Å². The number of carbonyl (C=O) groups is 1. The molecular formula is C21H15ClN2O2. The van der Waals surface area contributed by atoms with E-state index >= 15 is 0 Å². The molecule has 0 saturated carbocycles. The van der Waals surface area contributed by atoms with E-state index in [0.29, 0.717) is 27.5 Å². The lowest BCUT2D eigenvalue weighted by Gasteiger charge is -2.12. The quantitative estimate of drug-likeness (QED) is 0.503. The molecular weight excluding hydrogens is 348 g/mol. The smallest absolute Gasteiger partial charge is 0.257 e. The first-order valence-electron chi connectivity index (χ1n) is 8.09. The predicted octanol–water partition coefficient (Wildman–Crippen LogP) is 5.30. The van der Waals surface area contributed by atoms with Crippen LogP contribution in [-0.2, 0) is 0 Å². The second-order valence-electron chi connectivity index (χ2n) is 5.84. The minimum absolute atomic E-state index is 0.258. The second kappa shape index (κ2) is 6.65. The molecule has 0 spiro atoms. The summed E-state index contributed by atoms with van der Waals surface area (Å²) >= 11 is 6.24. The van der Waals surface area contributed by atoms with Gasteiger partial charge in [-0.1, -0.05) is 41.9 Å². The van der Waals surface area contributed by atoms with Gasteiger partial charge >= 0.3 is 0 Å². The molecule has 0 aliphatic carbocycles. The molecule has 0 unspecified atom stereocenters. The van der Waals surface area contributed by atoms with E-state index in [0.717, 1.165) is 16.2 Å². The molecule has 0 aliphatic heterocycles. The van der Waals surface area contributed by atoms with Gasteiger partial charge in [-0.25, -0.2) is 0 Å². The standard InChI is InChI=1S/C21H15ClN2O2/c1-26-14-8-9-19(18(22)12-14)24-21(25)17-11-13-5-2-3-6-15(13)16-7-4-10-23-20(16)17/h2-12H,1H3,(H,24,25). The molecule has 0 radical (unpaired) electrons. The van der Waals surface area contributed by atoms with Crippen molar-refractivity contribution in [3.8, 4) is 5.75 Å². The van der Waals surface area contributed by atoms with Crippen molar-refractivity contribution in [2.45, 2.75) is 0 Å². The Morgan fingerprint density at radius 1 is 1.04 bits per heavy atom. The molecule has 5 heteroatoms. The lowest BCUT2D eigenvalue weighted by Crippen LogP contribution is -2.13. The SMILES string of the molecule is COc1ccc(NC(=O)c2cc3ccccc3c3cccnc23)c(Cl)c1. The minimum Gasteiger partial charge on any atom is -0.497 e. The highest BCUT2D eigenvalue weighted by molar-refractivity contribution is 6.34. The third-order valence-electron chi connectivity index (χ3n) is 4.28. The van der Waals surface area contributed by atoms with Crippen LogP contribution in [-0.4, -0.2) is 18.0 Å². The number of nitrogens with one attached hydrogen (secondary N) is 1. The Labute approximate surface area is 155 Å². The number of fused-ring (bicyclic) bond motifs is 3. The van der Waals surface area contributed by atoms with Crippen molar-refractivity contribution in [2.75, 3.05) is 12.4 Å². The predicted molar refractivity (Wildman–Crippen MR) is 105 cm³/mol. The van der Waals surface area contributed by atoms with Gasteiger partial charge in [-0.3, -0.25) is 9.78 Å². The van der Waals surface area contributed by atoms with Gasteiger partial charge in [0.05, 0.1) is 28.9 Å². The summed E-state index contributed by atoms with van der Waals surface area (Å²) in [6.45, 7) is 0. The summed E-state index contributed by atoms with van der Waals surface area (Å²) in [5.41, 5.74) is 1.69. The number of methoxy groups -OCH3 is 1. The van der Waals surface area contributed by atoms with Gasteiger partial charge in [-0.15, -0.1) is 0 Å². The third-order valence-corrected chi connectivity index (χ3v) is 4.60. The highest BCUT2D eigenvalue weighted by Gasteiger charge is 2.15. The Bertz CT molecular complexity index is 1140. The molecule has 3 aromatic carbocycles. The Kier molecular flexibility index (Phi) is 4.19. The number of halogens is 1. The maximum absolute atomic E-state index is 12.9. The van der Waals surface area contributed by atoms with Crippen molar-refractivity contribution in [1.82, 2.24) is 4.98 Å². The molecule has 4 rings (SSSR count). The maximum Gasteiger partial charge on any atom is 0.257 e. The maximum atomic E-state index is 12.9. The first-order valence-corrected chi connectivity index (χ1v) is 8.46. The van der Waals surface area contributed by atoms with Gasteiger partial charge in [0.25, 0.3) is 5.91 Å². The van der Waals surface area contributed by atoms with Gasteiger partial charge in [0.2, 0.25) is 0 Å². The molecule has 1 amide bonds. The van der Waals surface area contributed by atoms with Crippen LogP contribution in [0.4, 0.5) is 5.69 Å². The first kappa shape index (κ1) is 16.4. The molecule has 0 fully saturated rings. The summed E-state index contributed by atoms with van der Waals surface area (Å²) in [4.78, 5) is 17.4. The van der Waals surface area contributed by atoms with Crippen molar-refractivity contribution >= 4 is 44.9 Å². The number of rotatable bonds is 3. The number of carbonyl (C=O) groups excluding carboxylic acids is 1. The van der Waals surface area contributed by atoms with Crippen molar-refractivity contribution < 1.29 is 9.53 Å². The molecule has 0 atom stereocenters. The first-order chi connectivity index (χ1) is 12.7. The van der Waals surface area contributed by atoms with Crippen LogP contribution in [0.15, 0.2) is 66.9 Å². The van der Waals surface area contributed by atoms with Crippen LogP contribution in [0.2, 0.25) is 5.02 Å². The lowest BCUT2D eigenvalue weighted by molar-refractivity contribution is 0.102. The number of aromatic nitrogens is 1.